The molecule has 23 heavy (non-hydrogen) atoms. The SMILES string of the molecule is COc1c(NC(C#N)=C(C#N)C#N)cc([N+](=O)[O-])c(OC)c1C. The van der Waals surface area contributed by atoms with Crippen molar-refractivity contribution in [2.45, 2.75) is 6.92 Å². The molecule has 0 saturated heterocycles. The second kappa shape index (κ2) is 7.30. The number of ether oxygens (including phenoxy) is 2. The average molecular weight is 313 g/mol. The highest BCUT2D eigenvalue weighted by Crippen LogP contribution is 2.42. The largest absolute Gasteiger partial charge is 0.494 e. The van der Waals surface area contributed by atoms with Crippen LogP contribution in [0.2, 0.25) is 0 Å². The van der Waals surface area contributed by atoms with Gasteiger partial charge in [-0.25, -0.2) is 0 Å². The minimum Gasteiger partial charge on any atom is -0.494 e. The Kier molecular flexibility index (Phi) is 5.48. The molecule has 0 aliphatic heterocycles. The average Bonchev–Trinajstić information content (AvgIpc) is 2.54. The predicted octanol–water partition coefficient (Wildman–Crippen LogP) is 2.16. The summed E-state index contributed by atoms with van der Waals surface area (Å²) in [4.78, 5) is 10.5. The van der Waals surface area contributed by atoms with Crippen LogP contribution in [0, 0.1) is 51.0 Å². The molecule has 116 valence electrons. The molecule has 0 aliphatic rings. The number of anilines is 1. The van der Waals surface area contributed by atoms with Gasteiger partial charge in [-0.15, -0.1) is 0 Å². The monoisotopic (exact) mass is 313 g/mol. The van der Waals surface area contributed by atoms with Crippen LogP contribution in [0.3, 0.4) is 0 Å². The lowest BCUT2D eigenvalue weighted by atomic mass is 10.1. The van der Waals surface area contributed by atoms with Gasteiger partial charge in [0.05, 0.1) is 24.8 Å². The van der Waals surface area contributed by atoms with Crippen LogP contribution in [-0.2, 0) is 0 Å². The molecular weight excluding hydrogens is 302 g/mol. The van der Waals surface area contributed by atoms with E-state index in [1.807, 2.05) is 0 Å². The van der Waals surface area contributed by atoms with Gasteiger partial charge in [-0.3, -0.25) is 10.1 Å². The first-order valence-electron chi connectivity index (χ1n) is 6.06. The summed E-state index contributed by atoms with van der Waals surface area (Å²) in [5.74, 6) is 0.205. The van der Waals surface area contributed by atoms with Crippen molar-refractivity contribution < 1.29 is 14.4 Å². The van der Waals surface area contributed by atoms with Crippen LogP contribution in [0.15, 0.2) is 17.3 Å². The van der Waals surface area contributed by atoms with Crippen molar-refractivity contribution in [3.63, 3.8) is 0 Å². The van der Waals surface area contributed by atoms with Gasteiger partial charge in [0.1, 0.15) is 29.7 Å². The number of methoxy groups -OCH3 is 2. The Morgan fingerprint density at radius 1 is 1.17 bits per heavy atom. The third kappa shape index (κ3) is 3.29. The molecule has 1 aromatic carbocycles. The van der Waals surface area contributed by atoms with E-state index in [9.17, 15) is 10.1 Å². The number of hydrogen-bond donors (Lipinski definition) is 1. The number of nitriles is 3. The number of nitro groups is 1. The van der Waals surface area contributed by atoms with Gasteiger partial charge < -0.3 is 14.8 Å². The van der Waals surface area contributed by atoms with Crippen molar-refractivity contribution in [3.05, 3.63) is 33.0 Å². The number of allylic oxidation sites excluding steroid dienone is 2. The van der Waals surface area contributed by atoms with E-state index in [4.69, 9.17) is 25.3 Å². The molecule has 0 aliphatic carbocycles. The van der Waals surface area contributed by atoms with Crippen LogP contribution >= 0.6 is 0 Å². The zero-order chi connectivity index (χ0) is 17.6. The van der Waals surface area contributed by atoms with Gasteiger partial charge in [-0.05, 0) is 6.92 Å². The van der Waals surface area contributed by atoms with E-state index in [1.54, 1.807) is 25.1 Å². The van der Waals surface area contributed by atoms with Gasteiger partial charge >= 0.3 is 5.69 Å². The summed E-state index contributed by atoms with van der Waals surface area (Å²) in [6.45, 7) is 1.54. The van der Waals surface area contributed by atoms with E-state index < -0.39 is 10.5 Å². The van der Waals surface area contributed by atoms with Crippen LogP contribution < -0.4 is 14.8 Å². The maximum Gasteiger partial charge on any atom is 0.313 e. The van der Waals surface area contributed by atoms with Gasteiger partial charge in [0, 0.05) is 11.6 Å². The van der Waals surface area contributed by atoms with Gasteiger partial charge in [-0.2, -0.15) is 15.8 Å². The van der Waals surface area contributed by atoms with E-state index >= 15 is 0 Å². The molecule has 1 N–H and O–H groups in total. The molecule has 1 rings (SSSR count). The predicted molar refractivity (Wildman–Crippen MR) is 78.4 cm³/mol. The van der Waals surface area contributed by atoms with Crippen molar-refractivity contribution >= 4 is 11.4 Å². The third-order valence-electron chi connectivity index (χ3n) is 2.89. The Balaban J connectivity index is 3.64. The standard InChI is InChI=1S/C14H11N5O4/c1-8-13(22-2)10(4-12(19(20)21)14(8)23-3)18-11(7-17)9(5-15)6-16/h4,18H,1-3H3. The molecular formula is C14H11N5O4. The molecule has 0 spiro atoms. The normalized spacial score (nSPS) is 8.87. The quantitative estimate of drug-likeness (QED) is 0.494. The lowest BCUT2D eigenvalue weighted by molar-refractivity contribution is -0.385. The van der Waals surface area contributed by atoms with E-state index in [-0.39, 0.29) is 28.6 Å². The number of nitrogens with zero attached hydrogens (tertiary/aromatic N) is 4. The fraction of sp³-hybridized carbons (Fsp3) is 0.214. The Bertz CT molecular complexity index is 792. The van der Waals surface area contributed by atoms with Gasteiger partial charge in [0.25, 0.3) is 0 Å². The molecule has 0 unspecified atom stereocenters. The van der Waals surface area contributed by atoms with Crippen molar-refractivity contribution in [1.82, 2.24) is 0 Å². The van der Waals surface area contributed by atoms with Gasteiger partial charge in [0.2, 0.25) is 5.75 Å². The fourth-order valence-electron chi connectivity index (χ4n) is 1.93. The molecule has 0 radical (unpaired) electrons. The fourth-order valence-corrected chi connectivity index (χ4v) is 1.93. The van der Waals surface area contributed by atoms with E-state index in [1.165, 1.54) is 14.2 Å². The molecule has 0 aromatic heterocycles. The highest BCUT2D eigenvalue weighted by atomic mass is 16.6. The Hall–Kier alpha value is -3.77. The Labute approximate surface area is 131 Å². The highest BCUT2D eigenvalue weighted by molar-refractivity contribution is 5.74. The number of nitro benzene ring substituents is 1. The second-order valence-corrected chi connectivity index (χ2v) is 4.10. The molecule has 9 heteroatoms. The first-order chi connectivity index (χ1) is 10.9. The van der Waals surface area contributed by atoms with Crippen molar-refractivity contribution in [2.75, 3.05) is 19.5 Å². The smallest absolute Gasteiger partial charge is 0.313 e. The minimum absolute atomic E-state index is 0.0145. The highest BCUT2D eigenvalue weighted by Gasteiger charge is 2.24. The molecule has 0 amide bonds. The summed E-state index contributed by atoms with van der Waals surface area (Å²) in [5, 5.41) is 40.4. The molecule has 0 heterocycles. The molecule has 0 saturated carbocycles. The van der Waals surface area contributed by atoms with Crippen molar-refractivity contribution in [1.29, 1.82) is 15.8 Å². The molecule has 1 aromatic rings. The maximum atomic E-state index is 11.2. The summed E-state index contributed by atoms with van der Waals surface area (Å²) < 4.78 is 10.2. The summed E-state index contributed by atoms with van der Waals surface area (Å²) in [6, 6.07) is 5.91. The molecule has 0 atom stereocenters. The van der Waals surface area contributed by atoms with Gasteiger partial charge in [0.15, 0.2) is 5.57 Å². The number of hydrogen-bond acceptors (Lipinski definition) is 8. The second-order valence-electron chi connectivity index (χ2n) is 4.10. The van der Waals surface area contributed by atoms with Crippen molar-refractivity contribution in [3.8, 4) is 29.7 Å². The lowest BCUT2D eigenvalue weighted by Gasteiger charge is -2.15. The topological polar surface area (TPSA) is 145 Å². The van der Waals surface area contributed by atoms with E-state index in [0.717, 1.165) is 6.07 Å². The van der Waals surface area contributed by atoms with Crippen LogP contribution in [-0.4, -0.2) is 19.1 Å². The number of benzene rings is 1. The van der Waals surface area contributed by atoms with Crippen LogP contribution in [0.5, 0.6) is 11.5 Å². The number of rotatable bonds is 5. The molecule has 0 bridgehead atoms. The summed E-state index contributed by atoms with van der Waals surface area (Å²) in [6.07, 6.45) is 0. The Morgan fingerprint density at radius 2 is 1.74 bits per heavy atom. The van der Waals surface area contributed by atoms with Crippen LogP contribution in [0.1, 0.15) is 5.56 Å². The zero-order valence-electron chi connectivity index (χ0n) is 12.5. The summed E-state index contributed by atoms with van der Waals surface area (Å²) in [7, 11) is 2.62. The van der Waals surface area contributed by atoms with Crippen LogP contribution in [0.4, 0.5) is 11.4 Å². The third-order valence-corrected chi connectivity index (χ3v) is 2.89. The molecule has 0 fully saturated rings. The number of nitrogens with one attached hydrogen (secondary N) is 1. The zero-order valence-corrected chi connectivity index (χ0v) is 12.5. The molecule has 9 nitrogen and oxygen atoms in total. The Morgan fingerprint density at radius 3 is 2.13 bits per heavy atom. The van der Waals surface area contributed by atoms with Crippen LogP contribution in [0.25, 0.3) is 0 Å². The van der Waals surface area contributed by atoms with E-state index in [2.05, 4.69) is 5.32 Å². The van der Waals surface area contributed by atoms with Crippen molar-refractivity contribution in [2.24, 2.45) is 0 Å². The first-order valence-corrected chi connectivity index (χ1v) is 6.06. The van der Waals surface area contributed by atoms with Gasteiger partial charge in [-0.1, -0.05) is 0 Å². The summed E-state index contributed by atoms with van der Waals surface area (Å²) in [5.41, 5.74) is -0.740. The first kappa shape index (κ1) is 17.3. The maximum absolute atomic E-state index is 11.2. The summed E-state index contributed by atoms with van der Waals surface area (Å²) >= 11 is 0. The minimum atomic E-state index is -0.651. The lowest BCUT2D eigenvalue weighted by Crippen LogP contribution is -2.06. The van der Waals surface area contributed by atoms with E-state index in [0.29, 0.717) is 5.56 Å².